The highest BCUT2D eigenvalue weighted by Gasteiger charge is 2.43. The molecule has 3 aromatic carbocycles. The summed E-state index contributed by atoms with van der Waals surface area (Å²) in [6, 6.07) is 26.3. The third-order valence-electron chi connectivity index (χ3n) is 6.49. The number of benzene rings is 3. The molecule has 1 fully saturated rings. The highest BCUT2D eigenvalue weighted by atomic mass is 35.5. The van der Waals surface area contributed by atoms with Gasteiger partial charge in [0.2, 0.25) is 0 Å². The number of imide groups is 1. The van der Waals surface area contributed by atoms with Gasteiger partial charge in [-0.3, -0.25) is 9.59 Å². The summed E-state index contributed by atoms with van der Waals surface area (Å²) in [6.45, 7) is 2.74. The number of nitrogens with one attached hydrogen (secondary N) is 1. The van der Waals surface area contributed by atoms with Crippen LogP contribution in [0.15, 0.2) is 95.7 Å². The van der Waals surface area contributed by atoms with Crippen LogP contribution in [0.25, 0.3) is 0 Å². The van der Waals surface area contributed by atoms with E-state index < -0.39 is 17.6 Å². The van der Waals surface area contributed by atoms with Crippen molar-refractivity contribution in [3.8, 4) is 0 Å². The normalized spacial score (nSPS) is 17.3. The predicted molar refractivity (Wildman–Crippen MR) is 129 cm³/mol. The van der Waals surface area contributed by atoms with E-state index in [2.05, 4.69) is 48.5 Å². The fraction of sp³-hybridized carbons (Fsp3) is 0.185. The third kappa shape index (κ3) is 4.11. The van der Waals surface area contributed by atoms with Crippen molar-refractivity contribution in [2.24, 2.45) is 0 Å². The zero-order valence-electron chi connectivity index (χ0n) is 18.5. The number of anilines is 1. The molecule has 0 unspecified atom stereocenters. The molecule has 1 saturated heterocycles. The number of piperazine rings is 1. The monoisotopic (exact) mass is 476 g/mol. The molecular weight excluding hydrogens is 453 g/mol. The van der Waals surface area contributed by atoms with E-state index in [4.69, 9.17) is 11.6 Å². The first kappa shape index (κ1) is 22.3. The molecule has 0 aromatic heterocycles. The molecule has 2 amide bonds. The number of rotatable bonds is 5. The first-order chi connectivity index (χ1) is 16.5. The van der Waals surface area contributed by atoms with Crippen molar-refractivity contribution < 1.29 is 18.9 Å². The molecule has 3 aromatic rings. The fourth-order valence-corrected chi connectivity index (χ4v) is 5.14. The van der Waals surface area contributed by atoms with Crippen molar-refractivity contribution in [2.75, 3.05) is 31.1 Å². The molecule has 0 bridgehead atoms. The number of hydrogen-bond acceptors (Lipinski definition) is 3. The average molecular weight is 477 g/mol. The molecule has 0 saturated carbocycles. The van der Waals surface area contributed by atoms with E-state index in [0.29, 0.717) is 18.8 Å². The summed E-state index contributed by atoms with van der Waals surface area (Å²) in [4.78, 5) is 30.3. The van der Waals surface area contributed by atoms with Crippen LogP contribution < -0.4 is 9.80 Å². The Balaban J connectivity index is 1.35. The summed E-state index contributed by atoms with van der Waals surface area (Å²) in [6.07, 6.45) is 0. The van der Waals surface area contributed by atoms with Crippen LogP contribution in [0.3, 0.4) is 0 Å². The molecule has 2 aliphatic heterocycles. The summed E-state index contributed by atoms with van der Waals surface area (Å²) in [5, 5.41) is -0.0829. The summed E-state index contributed by atoms with van der Waals surface area (Å²) >= 11 is 6.37. The molecule has 2 aliphatic rings. The second-order valence-electron chi connectivity index (χ2n) is 8.48. The minimum absolute atomic E-state index is 0.0829. The summed E-state index contributed by atoms with van der Waals surface area (Å²) in [7, 11) is 0. The van der Waals surface area contributed by atoms with Crippen LogP contribution in [-0.4, -0.2) is 42.9 Å². The van der Waals surface area contributed by atoms with E-state index >= 15 is 0 Å². The number of carbonyl (C=O) groups excluding carboxylic acids is 2. The number of carbonyl (C=O) groups is 2. The van der Waals surface area contributed by atoms with Crippen molar-refractivity contribution in [3.05, 3.63) is 113 Å². The van der Waals surface area contributed by atoms with Crippen LogP contribution in [0.5, 0.6) is 0 Å². The molecule has 0 aliphatic carbocycles. The van der Waals surface area contributed by atoms with Gasteiger partial charge < -0.3 is 9.80 Å². The van der Waals surface area contributed by atoms with Gasteiger partial charge in [-0.05, 0) is 24.3 Å². The molecular formula is C27H24ClFN3O2+. The van der Waals surface area contributed by atoms with E-state index in [-0.39, 0.29) is 16.8 Å². The maximum atomic E-state index is 13.3. The van der Waals surface area contributed by atoms with E-state index in [1.165, 1.54) is 40.3 Å². The third-order valence-corrected chi connectivity index (χ3v) is 6.83. The van der Waals surface area contributed by atoms with E-state index in [9.17, 15) is 14.0 Å². The van der Waals surface area contributed by atoms with E-state index in [0.717, 1.165) is 18.0 Å². The zero-order chi connectivity index (χ0) is 23.7. The Morgan fingerprint density at radius 2 is 1.29 bits per heavy atom. The number of nitrogens with zero attached hydrogens (tertiary/aromatic N) is 2. The Hall–Kier alpha value is -3.48. The Bertz CT molecular complexity index is 1180. The molecule has 1 N–H and O–H groups in total. The second kappa shape index (κ2) is 9.41. The van der Waals surface area contributed by atoms with Gasteiger partial charge in [0.25, 0.3) is 11.8 Å². The molecule has 0 radical (unpaired) electrons. The van der Waals surface area contributed by atoms with E-state index in [1.807, 2.05) is 17.0 Å². The van der Waals surface area contributed by atoms with E-state index in [1.54, 1.807) is 0 Å². The molecule has 5 rings (SSSR count). The van der Waals surface area contributed by atoms with Gasteiger partial charge in [0.1, 0.15) is 22.6 Å². The van der Waals surface area contributed by atoms with Crippen molar-refractivity contribution in [2.45, 2.75) is 6.04 Å². The largest absolute Gasteiger partial charge is 0.354 e. The minimum Gasteiger partial charge on any atom is -0.354 e. The smallest absolute Gasteiger partial charge is 0.283 e. The molecule has 7 heteroatoms. The lowest BCUT2D eigenvalue weighted by Crippen LogP contribution is -3.15. The van der Waals surface area contributed by atoms with Crippen LogP contribution in [-0.2, 0) is 9.59 Å². The lowest BCUT2D eigenvalue weighted by Gasteiger charge is -2.38. The van der Waals surface area contributed by atoms with Crippen LogP contribution >= 0.6 is 11.6 Å². The number of quaternary nitrogens is 1. The van der Waals surface area contributed by atoms with Gasteiger partial charge in [0.15, 0.2) is 0 Å². The highest BCUT2D eigenvalue weighted by molar-refractivity contribution is 6.52. The van der Waals surface area contributed by atoms with Gasteiger partial charge in [-0.25, -0.2) is 9.29 Å². The van der Waals surface area contributed by atoms with Crippen LogP contribution in [0.2, 0.25) is 0 Å². The standard InChI is InChI=1S/C27H23ClFN3O2/c28-23-25(27(34)32(26(23)33)22-13-11-21(29)12-14-22)31-17-15-30(16-18-31)24(19-7-3-1-4-8-19)20-9-5-2-6-10-20/h1-14,24H,15-18H2/p+1. The van der Waals surface area contributed by atoms with Gasteiger partial charge in [0.05, 0.1) is 31.9 Å². The van der Waals surface area contributed by atoms with Crippen LogP contribution in [0.4, 0.5) is 10.1 Å². The number of hydrogen-bond donors (Lipinski definition) is 1. The van der Waals surface area contributed by atoms with Crippen molar-refractivity contribution >= 4 is 29.1 Å². The summed E-state index contributed by atoms with van der Waals surface area (Å²) < 4.78 is 13.3. The summed E-state index contributed by atoms with van der Waals surface area (Å²) in [5.74, 6) is -1.48. The Morgan fingerprint density at radius 1 is 0.765 bits per heavy atom. The van der Waals surface area contributed by atoms with Crippen molar-refractivity contribution in [1.29, 1.82) is 0 Å². The molecule has 34 heavy (non-hydrogen) atoms. The first-order valence-corrected chi connectivity index (χ1v) is 11.7. The molecule has 0 spiro atoms. The fourth-order valence-electron chi connectivity index (χ4n) is 4.85. The first-order valence-electron chi connectivity index (χ1n) is 11.3. The maximum Gasteiger partial charge on any atom is 0.283 e. The number of halogens is 2. The van der Waals surface area contributed by atoms with Crippen LogP contribution in [0.1, 0.15) is 17.2 Å². The lowest BCUT2D eigenvalue weighted by atomic mass is 9.96. The maximum absolute atomic E-state index is 13.3. The molecule has 2 heterocycles. The molecule has 172 valence electrons. The zero-order valence-corrected chi connectivity index (χ0v) is 19.2. The Kier molecular flexibility index (Phi) is 6.18. The van der Waals surface area contributed by atoms with Gasteiger partial charge in [0, 0.05) is 11.1 Å². The topological polar surface area (TPSA) is 45.1 Å². The van der Waals surface area contributed by atoms with Gasteiger partial charge >= 0.3 is 0 Å². The SMILES string of the molecule is O=C1C(Cl)=C(N2CC[NH+](C(c3ccccc3)c3ccccc3)CC2)C(=O)N1c1ccc(F)cc1. The Labute approximate surface area is 202 Å². The van der Waals surface area contributed by atoms with Gasteiger partial charge in [-0.15, -0.1) is 0 Å². The Morgan fingerprint density at radius 3 is 1.82 bits per heavy atom. The van der Waals surface area contributed by atoms with Crippen LogP contribution in [0, 0.1) is 5.82 Å². The number of amides is 2. The minimum atomic E-state index is -0.575. The molecule has 0 atom stereocenters. The van der Waals surface area contributed by atoms with Crippen molar-refractivity contribution in [1.82, 2.24) is 4.90 Å². The quantitative estimate of drug-likeness (QED) is 0.575. The van der Waals surface area contributed by atoms with Crippen molar-refractivity contribution in [3.63, 3.8) is 0 Å². The van der Waals surface area contributed by atoms with Gasteiger partial charge in [-0.2, -0.15) is 0 Å². The molecule has 5 nitrogen and oxygen atoms in total. The van der Waals surface area contributed by atoms with Gasteiger partial charge in [-0.1, -0.05) is 72.3 Å². The summed E-state index contributed by atoms with van der Waals surface area (Å²) in [5.41, 5.74) is 3.01. The second-order valence-corrected chi connectivity index (χ2v) is 8.86. The average Bonchev–Trinajstić information content (AvgIpc) is 3.09. The highest BCUT2D eigenvalue weighted by Crippen LogP contribution is 2.31. The predicted octanol–water partition coefficient (Wildman–Crippen LogP) is 3.14. The lowest BCUT2D eigenvalue weighted by molar-refractivity contribution is -0.929.